The number of nitriles is 1. The molecule has 12 heteroatoms. The van der Waals surface area contributed by atoms with Crippen molar-refractivity contribution in [2.45, 2.75) is 67.0 Å². The van der Waals surface area contributed by atoms with E-state index in [1.807, 2.05) is 77.1 Å². The second-order valence-electron chi connectivity index (χ2n) is 14.4. The summed E-state index contributed by atoms with van der Waals surface area (Å²) < 4.78 is 15.6. The fourth-order valence-electron chi connectivity index (χ4n) is 6.57. The molecule has 0 bridgehead atoms. The largest absolute Gasteiger partial charge is 2.00 e. The molecule has 4 heterocycles. The number of fused-ring (bicyclic) bond motifs is 1. The molecule has 0 amide bonds. The van der Waals surface area contributed by atoms with E-state index in [0.29, 0.717) is 34.6 Å². The number of ether oxygens (including phenoxy) is 3. The molecule has 3 aromatic rings. The Kier molecular flexibility index (Phi) is 11.5. The molecule has 1 saturated heterocycles. The molecule has 1 fully saturated rings. The number of aliphatic imine (C=N–C) groups is 2. The second-order valence-corrected chi connectivity index (χ2v) is 14.4. The van der Waals surface area contributed by atoms with Crippen molar-refractivity contribution in [3.05, 3.63) is 127 Å². The number of carbonyl (C=O) groups is 3. The van der Waals surface area contributed by atoms with E-state index in [0.717, 1.165) is 44.9 Å². The van der Waals surface area contributed by atoms with E-state index < -0.39 is 23.4 Å². The van der Waals surface area contributed by atoms with Gasteiger partial charge in [0.05, 0.1) is 42.5 Å². The molecule has 1 aromatic heterocycles. The van der Waals surface area contributed by atoms with Crippen LogP contribution in [0.15, 0.2) is 81.1 Å². The van der Waals surface area contributed by atoms with Crippen LogP contribution < -0.4 is 4.98 Å². The maximum atomic E-state index is 13.5. The summed E-state index contributed by atoms with van der Waals surface area (Å²) >= 11 is 0. The van der Waals surface area contributed by atoms with Gasteiger partial charge in [0.1, 0.15) is 6.61 Å². The van der Waals surface area contributed by atoms with E-state index in [9.17, 15) is 19.6 Å². The number of rotatable bonds is 8. The van der Waals surface area contributed by atoms with Crippen LogP contribution in [0.25, 0.3) is 23.2 Å². The van der Waals surface area contributed by atoms with Crippen LogP contribution in [0.3, 0.4) is 0 Å². The van der Waals surface area contributed by atoms with Gasteiger partial charge in [-0.15, -0.1) is 11.4 Å². The number of esters is 3. The van der Waals surface area contributed by atoms with Crippen LogP contribution in [0.5, 0.6) is 0 Å². The Morgan fingerprint density at radius 3 is 1.96 bits per heavy atom. The first kappa shape index (κ1) is 40.5. The molecule has 3 aliphatic rings. The predicted octanol–water partition coefficient (Wildman–Crippen LogP) is 7.98. The van der Waals surface area contributed by atoms with Gasteiger partial charge in [0.2, 0.25) is 0 Å². The molecule has 11 nitrogen and oxygen atoms in total. The van der Waals surface area contributed by atoms with Crippen LogP contribution in [-0.4, -0.2) is 49.1 Å². The first-order valence-corrected chi connectivity index (χ1v) is 17.5. The Balaban J connectivity index is 0.00000580. The smallest absolute Gasteiger partial charge is 0.670 e. The number of hydrogen-bond donors (Lipinski definition) is 0. The fourth-order valence-corrected chi connectivity index (χ4v) is 6.57. The molecule has 0 N–H and O–H groups in total. The average Bonchev–Trinajstić information content (AvgIpc) is 3.81. The molecule has 1 atom stereocenters. The minimum atomic E-state index is -0.806. The van der Waals surface area contributed by atoms with E-state index >= 15 is 0 Å². The Labute approximate surface area is 333 Å². The van der Waals surface area contributed by atoms with Gasteiger partial charge in [-0.05, 0) is 73.9 Å². The molecule has 0 saturated carbocycles. The van der Waals surface area contributed by atoms with Gasteiger partial charge < -0.3 is 24.5 Å². The van der Waals surface area contributed by atoms with Crippen LogP contribution >= 0.6 is 0 Å². The molecule has 0 radical (unpaired) electrons. The summed E-state index contributed by atoms with van der Waals surface area (Å²) in [6.07, 6.45) is 6.34. The Morgan fingerprint density at radius 1 is 0.818 bits per heavy atom. The molecule has 55 heavy (non-hydrogen) atoms. The van der Waals surface area contributed by atoms with Gasteiger partial charge in [-0.1, -0.05) is 80.5 Å². The third kappa shape index (κ3) is 7.54. The standard InChI is InChI=1S/C43H43N5O6.Zn/c1-23-24(2)34(45-33(23)15-28-20-42(5,6)43(7,22-44)48-28)18-35-25(3)26(4)36(46-35)19-37-29-16-31(39(49)52-8)32(40(50)53-9)17-30(29)38(47-37)41(51)54-21-27-13-11-10-12-14-27;/h10-19H,20-21H2,1-9H3,(H2,45,46,47,48,49,50,51);/q;+2/p-2. The summed E-state index contributed by atoms with van der Waals surface area (Å²) in [5.41, 5.74) is 8.21. The van der Waals surface area contributed by atoms with Crippen molar-refractivity contribution in [2.75, 3.05) is 14.2 Å². The number of allylic oxidation sites excluding steroid dienone is 4. The molecule has 0 spiro atoms. The number of hydrogen-bond acceptors (Lipinski definition) is 9. The summed E-state index contributed by atoms with van der Waals surface area (Å²) in [7, 11) is 2.42. The Bertz CT molecular complexity index is 2350. The molecule has 3 aliphatic heterocycles. The average molecular weight is 789 g/mol. The summed E-state index contributed by atoms with van der Waals surface area (Å²) in [5, 5.41) is 14.6. The van der Waals surface area contributed by atoms with Crippen molar-refractivity contribution in [3.8, 4) is 6.07 Å². The number of aromatic nitrogens is 1. The molecule has 1 unspecified atom stereocenters. The number of benzene rings is 2. The molecular formula is C43H41N5O6Zn. The molecule has 0 aliphatic carbocycles. The minimum Gasteiger partial charge on any atom is -0.670 e. The molecule has 2 aromatic carbocycles. The van der Waals surface area contributed by atoms with Crippen molar-refractivity contribution in [2.24, 2.45) is 15.4 Å². The molecule has 276 valence electrons. The zero-order chi connectivity index (χ0) is 39.1. The Morgan fingerprint density at radius 2 is 1.40 bits per heavy atom. The van der Waals surface area contributed by atoms with E-state index in [1.54, 1.807) is 6.08 Å². The van der Waals surface area contributed by atoms with Crippen LogP contribution in [0.4, 0.5) is 0 Å². The maximum Gasteiger partial charge on any atom is 2.00 e. The van der Waals surface area contributed by atoms with Crippen LogP contribution in [0, 0.1) is 30.6 Å². The summed E-state index contributed by atoms with van der Waals surface area (Å²) in [4.78, 5) is 53.8. The summed E-state index contributed by atoms with van der Waals surface area (Å²) in [5.74, 6) is -2.22. The number of methoxy groups -OCH3 is 2. The van der Waals surface area contributed by atoms with E-state index in [-0.39, 0.29) is 48.3 Å². The molecule has 6 rings (SSSR count). The van der Waals surface area contributed by atoms with Gasteiger partial charge in [0.15, 0.2) is 5.71 Å². The predicted molar refractivity (Wildman–Crippen MR) is 207 cm³/mol. The SMILES string of the molecule is COC(=O)c1cc2c(cc1C(=O)OC)/C(=C/c1[n-]c(/C=C3N=C(/C=C4/CC(C)(C)C(C)(C#N)[N-]4)C(C)=C\3C)c(C)c1C)N=C2C(=O)OCc1ccccc1.[Zn+2]. The quantitative estimate of drug-likeness (QED) is 0.126. The monoisotopic (exact) mass is 787 g/mol. The van der Waals surface area contributed by atoms with Gasteiger partial charge in [0.25, 0.3) is 0 Å². The van der Waals surface area contributed by atoms with Gasteiger partial charge in [-0.25, -0.2) is 24.4 Å². The normalized spacial score (nSPS) is 20.4. The zero-order valence-electron chi connectivity index (χ0n) is 32.6. The van der Waals surface area contributed by atoms with Crippen molar-refractivity contribution in [1.29, 1.82) is 5.26 Å². The van der Waals surface area contributed by atoms with Crippen molar-refractivity contribution >= 4 is 47.2 Å². The zero-order valence-corrected chi connectivity index (χ0v) is 35.5. The Hall–Kier alpha value is -5.66. The third-order valence-corrected chi connectivity index (χ3v) is 10.7. The minimum absolute atomic E-state index is 0. The summed E-state index contributed by atoms with van der Waals surface area (Å²) in [6.45, 7) is 14.0. The topological polar surface area (TPSA) is 156 Å². The van der Waals surface area contributed by atoms with Gasteiger partial charge in [-0.2, -0.15) is 11.0 Å². The van der Waals surface area contributed by atoms with E-state index in [4.69, 9.17) is 29.5 Å². The van der Waals surface area contributed by atoms with Gasteiger partial charge in [-0.3, -0.25) is 0 Å². The molecular weight excluding hydrogens is 748 g/mol. The van der Waals surface area contributed by atoms with Crippen LogP contribution in [0.1, 0.15) is 101 Å². The van der Waals surface area contributed by atoms with E-state index in [2.05, 4.69) is 24.9 Å². The van der Waals surface area contributed by atoms with E-state index in [1.165, 1.54) is 26.4 Å². The maximum absolute atomic E-state index is 13.5. The van der Waals surface area contributed by atoms with Gasteiger partial charge in [0, 0.05) is 17.2 Å². The second kappa shape index (κ2) is 15.6. The fraction of sp³-hybridized carbons (Fsp3) is 0.302. The number of carbonyl (C=O) groups excluding carboxylic acids is 3. The number of nitrogens with zero attached hydrogens (tertiary/aromatic N) is 5. The van der Waals surface area contributed by atoms with Gasteiger partial charge >= 0.3 is 37.4 Å². The van der Waals surface area contributed by atoms with Crippen LogP contribution in [-0.2, 0) is 45.1 Å². The van der Waals surface area contributed by atoms with Crippen LogP contribution in [0.2, 0.25) is 0 Å². The van der Waals surface area contributed by atoms with Crippen molar-refractivity contribution in [1.82, 2.24) is 4.98 Å². The van der Waals surface area contributed by atoms with Crippen molar-refractivity contribution in [3.63, 3.8) is 0 Å². The first-order valence-electron chi connectivity index (χ1n) is 17.5. The third-order valence-electron chi connectivity index (χ3n) is 10.7. The summed E-state index contributed by atoms with van der Waals surface area (Å²) in [6, 6.07) is 14.5. The van der Waals surface area contributed by atoms with Crippen molar-refractivity contribution < 1.29 is 48.1 Å². The first-order chi connectivity index (χ1) is 25.6.